The van der Waals surface area contributed by atoms with Gasteiger partial charge >= 0.3 is 6.03 Å². The van der Waals surface area contributed by atoms with E-state index in [1.165, 1.54) is 37.8 Å². The Labute approximate surface area is 110 Å². The highest BCUT2D eigenvalue weighted by Gasteiger charge is 2.13. The van der Waals surface area contributed by atoms with Crippen molar-refractivity contribution >= 4 is 27.1 Å². The van der Waals surface area contributed by atoms with E-state index in [4.69, 9.17) is 4.74 Å². The molecule has 0 aliphatic rings. The second-order valence-electron chi connectivity index (χ2n) is 3.84. The molecule has 2 amide bonds. The molecule has 0 aliphatic carbocycles. The summed E-state index contributed by atoms with van der Waals surface area (Å²) >= 11 is 0. The minimum absolute atomic E-state index is 0.122. The lowest BCUT2D eigenvalue weighted by molar-refractivity contribution is -0.384. The zero-order valence-corrected chi connectivity index (χ0v) is 11.4. The zero-order valence-electron chi connectivity index (χ0n) is 10.6. The van der Waals surface area contributed by atoms with Gasteiger partial charge in [-0.3, -0.25) is 10.1 Å². The number of methoxy groups -OCH3 is 1. The van der Waals surface area contributed by atoms with Crippen molar-refractivity contribution in [1.29, 1.82) is 0 Å². The minimum atomic E-state index is -2.57. The number of ether oxygens (including phenoxy) is 1. The number of benzene rings is 1. The number of nitro groups is 1. The predicted molar refractivity (Wildman–Crippen MR) is 71.1 cm³/mol. The minimum Gasteiger partial charge on any atom is -0.494 e. The molecule has 1 N–H and O–H groups in total. The molecule has 0 fully saturated rings. The Morgan fingerprint density at radius 2 is 2.11 bits per heavy atom. The molecule has 0 saturated heterocycles. The molecular formula is C10H13N3O5S. The number of rotatable bonds is 3. The third-order valence-corrected chi connectivity index (χ3v) is 2.55. The van der Waals surface area contributed by atoms with Crippen LogP contribution in [0.3, 0.4) is 0 Å². The van der Waals surface area contributed by atoms with Gasteiger partial charge in [0.25, 0.3) is 5.69 Å². The topological polar surface area (TPSA) is 111 Å². The number of carbonyl (C=O) groups excluding carboxylic acids is 1. The maximum Gasteiger partial charge on any atom is 0.353 e. The van der Waals surface area contributed by atoms with Crippen LogP contribution in [0.1, 0.15) is 0 Å². The van der Waals surface area contributed by atoms with Gasteiger partial charge in [-0.15, -0.1) is 4.36 Å². The highest BCUT2D eigenvalue weighted by Crippen LogP contribution is 2.29. The molecule has 0 saturated carbocycles. The number of non-ortho nitro benzene ring substituents is 1. The van der Waals surface area contributed by atoms with Crippen LogP contribution in [0.5, 0.6) is 5.75 Å². The standard InChI is InChI=1S/C10H13N3O5S/c1-18-9-6-7(13(15)16)4-5-8(9)11-10(14)12-19(2,3)17/h4-6H,1-3H3,(H,11,14). The van der Waals surface area contributed by atoms with Crippen molar-refractivity contribution < 1.29 is 18.7 Å². The van der Waals surface area contributed by atoms with E-state index in [-0.39, 0.29) is 17.1 Å². The average Bonchev–Trinajstić information content (AvgIpc) is 2.26. The van der Waals surface area contributed by atoms with E-state index >= 15 is 0 Å². The van der Waals surface area contributed by atoms with Crippen molar-refractivity contribution in [3.05, 3.63) is 28.3 Å². The van der Waals surface area contributed by atoms with Gasteiger partial charge in [-0.25, -0.2) is 9.00 Å². The van der Waals surface area contributed by atoms with Crippen molar-refractivity contribution in [3.63, 3.8) is 0 Å². The molecule has 8 nitrogen and oxygen atoms in total. The Morgan fingerprint density at radius 3 is 2.58 bits per heavy atom. The molecule has 1 aromatic rings. The van der Waals surface area contributed by atoms with Crippen LogP contribution >= 0.6 is 0 Å². The monoisotopic (exact) mass is 287 g/mol. The second kappa shape index (κ2) is 5.65. The number of hydrogen-bond donors (Lipinski definition) is 1. The first kappa shape index (κ1) is 14.9. The molecule has 1 rings (SSSR count). The fraction of sp³-hybridized carbons (Fsp3) is 0.300. The summed E-state index contributed by atoms with van der Waals surface area (Å²) in [5.74, 6) is 0.122. The molecular weight excluding hydrogens is 274 g/mol. The summed E-state index contributed by atoms with van der Waals surface area (Å²) in [5.41, 5.74) is 0.0482. The summed E-state index contributed by atoms with van der Waals surface area (Å²) in [6, 6.07) is 2.90. The largest absolute Gasteiger partial charge is 0.494 e. The molecule has 0 unspecified atom stereocenters. The van der Waals surface area contributed by atoms with E-state index in [2.05, 4.69) is 9.68 Å². The average molecular weight is 287 g/mol. The lowest BCUT2D eigenvalue weighted by Gasteiger charge is -2.08. The summed E-state index contributed by atoms with van der Waals surface area (Å²) < 4.78 is 19.7. The van der Waals surface area contributed by atoms with Gasteiger partial charge in [0.2, 0.25) is 0 Å². The smallest absolute Gasteiger partial charge is 0.353 e. The number of anilines is 1. The van der Waals surface area contributed by atoms with Gasteiger partial charge in [-0.2, -0.15) is 0 Å². The Kier molecular flexibility index (Phi) is 4.43. The van der Waals surface area contributed by atoms with Gasteiger partial charge in [0.1, 0.15) is 5.75 Å². The van der Waals surface area contributed by atoms with Crippen LogP contribution in [0.15, 0.2) is 22.6 Å². The molecule has 0 heterocycles. The fourth-order valence-corrected chi connectivity index (χ4v) is 1.68. The molecule has 0 radical (unpaired) electrons. The number of carbonyl (C=O) groups is 1. The van der Waals surface area contributed by atoms with E-state index in [1.807, 2.05) is 0 Å². The summed E-state index contributed by atoms with van der Waals surface area (Å²) in [7, 11) is -1.26. The number of nitrogens with one attached hydrogen (secondary N) is 1. The Morgan fingerprint density at radius 1 is 1.47 bits per heavy atom. The molecule has 0 aromatic heterocycles. The van der Waals surface area contributed by atoms with Gasteiger partial charge < -0.3 is 10.1 Å². The maximum atomic E-state index is 11.5. The van der Waals surface area contributed by atoms with Crippen LogP contribution in [0, 0.1) is 10.1 Å². The van der Waals surface area contributed by atoms with Gasteiger partial charge in [0.05, 0.1) is 33.5 Å². The Bertz CT molecular complexity index is 626. The zero-order chi connectivity index (χ0) is 14.6. The molecule has 104 valence electrons. The van der Waals surface area contributed by atoms with E-state index in [1.54, 1.807) is 0 Å². The SMILES string of the molecule is COc1cc([N+](=O)[O-])ccc1NC(=O)N=S(C)(C)=O. The van der Waals surface area contributed by atoms with E-state index < -0.39 is 20.7 Å². The van der Waals surface area contributed by atoms with Crippen LogP contribution in [-0.4, -0.2) is 34.8 Å². The van der Waals surface area contributed by atoms with E-state index in [0.717, 1.165) is 0 Å². The van der Waals surface area contributed by atoms with Gasteiger partial charge in [-0.1, -0.05) is 0 Å². The van der Waals surface area contributed by atoms with Crippen LogP contribution < -0.4 is 10.1 Å². The Balaban J connectivity index is 3.06. The van der Waals surface area contributed by atoms with Crippen molar-refractivity contribution in [2.24, 2.45) is 4.36 Å². The van der Waals surface area contributed by atoms with Crippen LogP contribution in [0.2, 0.25) is 0 Å². The van der Waals surface area contributed by atoms with Crippen LogP contribution in [-0.2, 0) is 9.73 Å². The quantitative estimate of drug-likeness (QED) is 0.673. The first-order chi connectivity index (χ1) is 8.73. The molecule has 9 heteroatoms. The summed E-state index contributed by atoms with van der Waals surface area (Å²) in [5, 5.41) is 12.9. The molecule has 0 spiro atoms. The van der Waals surface area contributed by atoms with E-state index in [9.17, 15) is 19.1 Å². The first-order valence-corrected chi connectivity index (χ1v) is 7.36. The van der Waals surface area contributed by atoms with Crippen LogP contribution in [0.25, 0.3) is 0 Å². The van der Waals surface area contributed by atoms with Crippen molar-refractivity contribution in [3.8, 4) is 5.75 Å². The fourth-order valence-electron chi connectivity index (χ4n) is 1.23. The predicted octanol–water partition coefficient (Wildman–Crippen LogP) is 1.86. The summed E-state index contributed by atoms with van der Waals surface area (Å²) in [6.45, 7) is 0. The van der Waals surface area contributed by atoms with Crippen LogP contribution in [0.4, 0.5) is 16.2 Å². The lowest BCUT2D eigenvalue weighted by atomic mass is 10.2. The maximum absolute atomic E-state index is 11.5. The molecule has 0 aliphatic heterocycles. The third kappa shape index (κ3) is 4.54. The molecule has 0 atom stereocenters. The molecule has 0 bridgehead atoms. The van der Waals surface area contributed by atoms with Crippen molar-refractivity contribution in [2.75, 3.05) is 24.9 Å². The van der Waals surface area contributed by atoms with Gasteiger partial charge in [-0.05, 0) is 6.07 Å². The number of amides is 2. The third-order valence-electron chi connectivity index (χ3n) is 1.94. The van der Waals surface area contributed by atoms with Crippen molar-refractivity contribution in [1.82, 2.24) is 0 Å². The first-order valence-electron chi connectivity index (χ1n) is 5.03. The molecule has 19 heavy (non-hydrogen) atoms. The number of nitrogens with zero attached hydrogens (tertiary/aromatic N) is 2. The van der Waals surface area contributed by atoms with Crippen molar-refractivity contribution in [2.45, 2.75) is 0 Å². The van der Waals surface area contributed by atoms with Gasteiger partial charge in [0, 0.05) is 18.6 Å². The summed E-state index contributed by atoms with van der Waals surface area (Å²) in [4.78, 5) is 21.5. The molecule has 1 aromatic carbocycles. The van der Waals surface area contributed by atoms with E-state index in [0.29, 0.717) is 0 Å². The number of hydrogen-bond acceptors (Lipinski definition) is 5. The summed E-state index contributed by atoms with van der Waals surface area (Å²) in [6.07, 6.45) is 2.64. The number of urea groups is 1. The Hall–Kier alpha value is -2.16. The number of nitro benzene ring substituents is 1. The normalized spacial score (nSPS) is 10.7. The van der Waals surface area contributed by atoms with Gasteiger partial charge in [0.15, 0.2) is 0 Å². The lowest BCUT2D eigenvalue weighted by Crippen LogP contribution is -2.10. The second-order valence-corrected chi connectivity index (χ2v) is 6.39. The highest BCUT2D eigenvalue weighted by molar-refractivity contribution is 7.92. The highest BCUT2D eigenvalue weighted by atomic mass is 32.2.